The molecule has 36 heavy (non-hydrogen) atoms. The number of carbonyl (C=O) groups excluding carboxylic acids is 4. The normalized spacial score (nSPS) is 13.7. The van der Waals surface area contributed by atoms with E-state index in [0.717, 1.165) is 0 Å². The van der Waals surface area contributed by atoms with Gasteiger partial charge in [0.05, 0.1) is 12.5 Å². The summed E-state index contributed by atoms with van der Waals surface area (Å²) in [6.45, 7) is 1.70. The first-order valence-electron chi connectivity index (χ1n) is 11.0. The summed E-state index contributed by atoms with van der Waals surface area (Å²) in [5.74, 6) is -5.03. The number of hydrogen-bond acceptors (Lipinski definition) is 8. The number of carbonyl (C=O) groups is 5. The Morgan fingerprint density at radius 3 is 1.56 bits per heavy atom. The van der Waals surface area contributed by atoms with Gasteiger partial charge in [0.25, 0.3) is 0 Å². The monoisotopic (exact) mass is 515 g/mol. The molecular weight excluding hydrogens is 478 g/mol. The summed E-state index contributed by atoms with van der Waals surface area (Å²) in [4.78, 5) is 68.3. The number of aliphatic imine (C=N–C) groups is 2. The highest BCUT2D eigenvalue weighted by molar-refractivity contribution is 5.96. The van der Waals surface area contributed by atoms with Crippen molar-refractivity contribution in [2.24, 2.45) is 44.4 Å². The fraction of sp³-hybridized carbons (Fsp3) is 0.632. The summed E-state index contributed by atoms with van der Waals surface area (Å²) in [5, 5.41) is 16.4. The standard InChI is InChI=1S/C19H37N11O6/c1-9(20)14(32)28-10(4-2-6-26-18(22)23)15(33)30-12(8-13(21)31)16(34)29-11(17(35)36)5-3-7-27-19(24)25/h9-12H,2-8,20H2,1H3,(H2,21,31)(H,28,32)(H,29,34)(H,30,33)(H,35,36)(H4,22,23,26)(H4,24,25,27). The van der Waals surface area contributed by atoms with E-state index in [9.17, 15) is 29.1 Å². The van der Waals surface area contributed by atoms with E-state index in [0.29, 0.717) is 0 Å². The molecule has 4 amide bonds. The largest absolute Gasteiger partial charge is 0.480 e. The number of aliphatic carboxylic acids is 1. The topological polar surface area (TPSA) is 323 Å². The number of nitrogens with one attached hydrogen (secondary N) is 3. The van der Waals surface area contributed by atoms with E-state index < -0.39 is 60.2 Å². The van der Waals surface area contributed by atoms with Gasteiger partial charge >= 0.3 is 5.97 Å². The van der Waals surface area contributed by atoms with E-state index in [1.165, 1.54) is 6.92 Å². The van der Waals surface area contributed by atoms with Crippen molar-refractivity contribution in [3.63, 3.8) is 0 Å². The highest BCUT2D eigenvalue weighted by atomic mass is 16.4. The van der Waals surface area contributed by atoms with Crippen molar-refractivity contribution in [3.05, 3.63) is 0 Å². The summed E-state index contributed by atoms with van der Waals surface area (Å²) in [6, 6.07) is -4.96. The van der Waals surface area contributed by atoms with Crippen molar-refractivity contribution < 1.29 is 29.1 Å². The first-order chi connectivity index (χ1) is 16.7. The minimum absolute atomic E-state index is 0.0348. The molecule has 0 aromatic rings. The highest BCUT2D eigenvalue weighted by Crippen LogP contribution is 2.04. The second-order valence-electron chi connectivity index (χ2n) is 7.88. The van der Waals surface area contributed by atoms with Crippen molar-refractivity contribution in [3.8, 4) is 0 Å². The Balaban J connectivity index is 5.46. The second kappa shape index (κ2) is 16.5. The highest BCUT2D eigenvalue weighted by Gasteiger charge is 2.30. The fourth-order valence-corrected chi connectivity index (χ4v) is 2.79. The zero-order chi connectivity index (χ0) is 27.8. The molecule has 16 N–H and O–H groups in total. The number of guanidine groups is 2. The summed E-state index contributed by atoms with van der Waals surface area (Å²) < 4.78 is 0. The molecule has 17 heteroatoms. The van der Waals surface area contributed by atoms with Crippen LogP contribution in [0.1, 0.15) is 39.0 Å². The number of nitrogens with two attached hydrogens (primary N) is 6. The third-order valence-corrected chi connectivity index (χ3v) is 4.59. The lowest BCUT2D eigenvalue weighted by Gasteiger charge is -2.24. The molecule has 0 bridgehead atoms. The molecule has 0 aliphatic rings. The molecule has 0 aromatic heterocycles. The minimum atomic E-state index is -1.51. The van der Waals surface area contributed by atoms with Crippen LogP contribution < -0.4 is 50.4 Å². The maximum atomic E-state index is 12.9. The van der Waals surface area contributed by atoms with E-state index in [1.54, 1.807) is 0 Å². The van der Waals surface area contributed by atoms with Crippen LogP contribution >= 0.6 is 0 Å². The van der Waals surface area contributed by atoms with E-state index in [-0.39, 0.29) is 50.7 Å². The van der Waals surface area contributed by atoms with Crippen LogP contribution in [-0.2, 0) is 24.0 Å². The SMILES string of the molecule is CC(N)C(=O)NC(CCCN=C(N)N)C(=O)NC(CC(N)=O)C(=O)NC(CCCN=C(N)N)C(=O)O. The van der Waals surface area contributed by atoms with Crippen LogP contribution in [0.4, 0.5) is 0 Å². The zero-order valence-electron chi connectivity index (χ0n) is 20.1. The van der Waals surface area contributed by atoms with Gasteiger partial charge in [-0.3, -0.25) is 29.2 Å². The summed E-state index contributed by atoms with van der Waals surface area (Å²) >= 11 is 0. The molecule has 0 radical (unpaired) electrons. The van der Waals surface area contributed by atoms with E-state index in [4.69, 9.17) is 34.4 Å². The summed E-state index contributed by atoms with van der Waals surface area (Å²) in [7, 11) is 0. The molecule has 204 valence electrons. The van der Waals surface area contributed by atoms with Crippen LogP contribution in [0.2, 0.25) is 0 Å². The molecule has 0 aliphatic carbocycles. The predicted octanol–water partition coefficient (Wildman–Crippen LogP) is -5.14. The first-order valence-corrected chi connectivity index (χ1v) is 11.0. The van der Waals surface area contributed by atoms with Crippen molar-refractivity contribution in [1.82, 2.24) is 16.0 Å². The van der Waals surface area contributed by atoms with Crippen molar-refractivity contribution in [2.45, 2.75) is 63.2 Å². The number of primary amides is 1. The van der Waals surface area contributed by atoms with Crippen LogP contribution in [0.15, 0.2) is 9.98 Å². The maximum Gasteiger partial charge on any atom is 0.326 e. The molecule has 0 aromatic carbocycles. The lowest BCUT2D eigenvalue weighted by atomic mass is 10.1. The van der Waals surface area contributed by atoms with Crippen molar-refractivity contribution in [2.75, 3.05) is 13.1 Å². The number of rotatable bonds is 17. The molecular formula is C19H37N11O6. The van der Waals surface area contributed by atoms with E-state index >= 15 is 0 Å². The van der Waals surface area contributed by atoms with Crippen LogP contribution in [0.25, 0.3) is 0 Å². The molecule has 0 fully saturated rings. The van der Waals surface area contributed by atoms with Gasteiger partial charge in [0.15, 0.2) is 11.9 Å². The van der Waals surface area contributed by atoms with Gasteiger partial charge in [0.2, 0.25) is 23.6 Å². The Kier molecular flexibility index (Phi) is 14.6. The fourth-order valence-electron chi connectivity index (χ4n) is 2.79. The number of hydrogen-bond donors (Lipinski definition) is 10. The van der Waals surface area contributed by atoms with Crippen LogP contribution in [0.5, 0.6) is 0 Å². The van der Waals surface area contributed by atoms with Gasteiger partial charge in [-0.25, -0.2) is 4.79 Å². The third kappa shape index (κ3) is 14.2. The molecule has 0 aliphatic heterocycles. The van der Waals surface area contributed by atoms with Gasteiger partial charge in [-0.2, -0.15) is 0 Å². The van der Waals surface area contributed by atoms with E-state index in [2.05, 4.69) is 25.9 Å². The van der Waals surface area contributed by atoms with Gasteiger partial charge in [-0.15, -0.1) is 0 Å². The lowest BCUT2D eigenvalue weighted by Crippen LogP contribution is -2.57. The Bertz CT molecular complexity index is 838. The van der Waals surface area contributed by atoms with Gasteiger partial charge in [0, 0.05) is 13.1 Å². The lowest BCUT2D eigenvalue weighted by molar-refractivity contribution is -0.142. The Labute approximate surface area is 207 Å². The van der Waals surface area contributed by atoms with E-state index in [1.807, 2.05) is 0 Å². The predicted molar refractivity (Wildman–Crippen MR) is 131 cm³/mol. The van der Waals surface area contributed by atoms with Crippen LogP contribution in [0.3, 0.4) is 0 Å². The molecule has 0 spiro atoms. The Morgan fingerprint density at radius 2 is 1.14 bits per heavy atom. The van der Waals surface area contributed by atoms with Crippen LogP contribution in [0, 0.1) is 0 Å². The molecule has 0 saturated heterocycles. The number of carboxylic acid groups (broad SMARTS) is 1. The molecule has 4 unspecified atom stereocenters. The molecule has 17 nitrogen and oxygen atoms in total. The number of carboxylic acids is 1. The van der Waals surface area contributed by atoms with Crippen molar-refractivity contribution in [1.29, 1.82) is 0 Å². The maximum absolute atomic E-state index is 12.9. The summed E-state index contributed by atoms with van der Waals surface area (Å²) in [5.41, 5.74) is 31.7. The van der Waals surface area contributed by atoms with Crippen molar-refractivity contribution >= 4 is 41.5 Å². The Morgan fingerprint density at radius 1 is 0.722 bits per heavy atom. The molecule has 0 heterocycles. The first kappa shape index (κ1) is 31.8. The van der Waals surface area contributed by atoms with Gasteiger partial charge in [-0.05, 0) is 32.6 Å². The average Bonchev–Trinajstić information content (AvgIpc) is 2.75. The number of amides is 4. The second-order valence-corrected chi connectivity index (χ2v) is 7.88. The number of nitrogens with zero attached hydrogens (tertiary/aromatic N) is 2. The van der Waals surface area contributed by atoms with Crippen LogP contribution in [-0.4, -0.2) is 83.9 Å². The zero-order valence-corrected chi connectivity index (χ0v) is 20.1. The molecule has 0 rings (SSSR count). The smallest absolute Gasteiger partial charge is 0.326 e. The average molecular weight is 516 g/mol. The molecule has 0 saturated carbocycles. The van der Waals surface area contributed by atoms with Gasteiger partial charge in [0.1, 0.15) is 18.1 Å². The van der Waals surface area contributed by atoms with Gasteiger partial charge < -0.3 is 55.5 Å². The minimum Gasteiger partial charge on any atom is -0.480 e. The quantitative estimate of drug-likeness (QED) is 0.0495. The summed E-state index contributed by atoms with van der Waals surface area (Å²) in [6.07, 6.45) is -0.0939. The Hall–Kier alpha value is -4.15. The van der Waals surface area contributed by atoms with Gasteiger partial charge in [-0.1, -0.05) is 0 Å². The third-order valence-electron chi connectivity index (χ3n) is 4.59. The molecule has 4 atom stereocenters.